The minimum Gasteiger partial charge on any atom is -0.465 e. The number of carbonyl (C=O) groups is 5. The van der Waals surface area contributed by atoms with Crippen molar-refractivity contribution in [3.8, 4) is 0 Å². The Balaban J connectivity index is 0.000000216. The summed E-state index contributed by atoms with van der Waals surface area (Å²) in [4.78, 5) is 78.6. The van der Waals surface area contributed by atoms with Crippen LogP contribution in [0.3, 0.4) is 0 Å². The summed E-state index contributed by atoms with van der Waals surface area (Å²) in [6, 6.07) is -1.73. The van der Waals surface area contributed by atoms with Crippen LogP contribution in [0.2, 0.25) is 0 Å². The molecular formula is C46H77N5O16. The van der Waals surface area contributed by atoms with Crippen molar-refractivity contribution < 1.29 is 67.0 Å². The molecule has 21 nitrogen and oxygen atoms in total. The molecule has 6 saturated heterocycles. The van der Waals surface area contributed by atoms with Crippen molar-refractivity contribution in [2.24, 2.45) is 23.5 Å². The number of fused-ring (bicyclic) bond motifs is 2. The van der Waals surface area contributed by atoms with Crippen LogP contribution in [0, 0.1) is 38.0 Å². The zero-order valence-corrected chi connectivity index (χ0v) is 40.2. The highest BCUT2D eigenvalue weighted by Crippen LogP contribution is 2.52. The van der Waals surface area contributed by atoms with E-state index in [4.69, 9.17) is 29.4 Å². The van der Waals surface area contributed by atoms with E-state index in [1.807, 2.05) is 6.92 Å². The number of piperidine rings is 2. The van der Waals surface area contributed by atoms with Gasteiger partial charge in [0.05, 0.1) is 52.9 Å². The van der Waals surface area contributed by atoms with Crippen molar-refractivity contribution in [2.45, 2.75) is 135 Å². The molecule has 7 aliphatic heterocycles. The maximum absolute atomic E-state index is 11.4. The van der Waals surface area contributed by atoms with E-state index in [0.717, 1.165) is 37.4 Å². The minimum atomic E-state index is -1.37. The topological polar surface area (TPSA) is 269 Å². The van der Waals surface area contributed by atoms with E-state index in [1.165, 1.54) is 64.5 Å². The molecule has 21 heteroatoms. The first-order valence-electron chi connectivity index (χ1n) is 24.3. The summed E-state index contributed by atoms with van der Waals surface area (Å²) in [5, 5.41) is 20.3. The van der Waals surface area contributed by atoms with Crippen molar-refractivity contribution in [3.05, 3.63) is 31.9 Å². The number of ether oxygens (including phenoxy) is 7. The van der Waals surface area contributed by atoms with Crippen LogP contribution in [0.25, 0.3) is 0 Å². The van der Waals surface area contributed by atoms with E-state index in [-0.39, 0.29) is 37.1 Å². The third-order valence-electron chi connectivity index (χ3n) is 13.3. The molecule has 0 aromatic rings. The smallest absolute Gasteiger partial charge is 0.386 e. The third-order valence-corrected chi connectivity index (χ3v) is 13.3. The van der Waals surface area contributed by atoms with E-state index in [9.17, 15) is 44.2 Å². The van der Waals surface area contributed by atoms with Crippen LogP contribution in [0.1, 0.15) is 111 Å². The fraction of sp³-hybridized carbons (Fsp3) is 0.848. The quantitative estimate of drug-likeness (QED) is 0.0960. The third kappa shape index (κ3) is 18.7. The lowest BCUT2D eigenvalue weighted by atomic mass is 9.85. The number of esters is 4. The Kier molecular flexibility index (Phi) is 26.5. The first-order valence-corrected chi connectivity index (χ1v) is 24.3. The van der Waals surface area contributed by atoms with Crippen LogP contribution in [0.15, 0.2) is 11.6 Å². The SMILES string of the molecule is C1CCC2(C1)C1CCN2CC1.CCOC(=O)C(C1=CCOCC1)[N+](=O)[O-].CCOC(=O)C(N)C1CCOCC1.CCOC(=O)C1C2CCN1CC2.CCOC(=O)C[N+](=O)[O-].O=C1CCOCC1. The molecular weight excluding hydrogens is 879 g/mol. The molecule has 7 fully saturated rings. The highest BCUT2D eigenvalue weighted by Gasteiger charge is 2.53. The number of ketones is 1. The molecule has 1 saturated carbocycles. The molecule has 2 N–H and O–H groups in total. The summed E-state index contributed by atoms with van der Waals surface area (Å²) < 4.78 is 33.9. The van der Waals surface area contributed by atoms with Gasteiger partial charge in [-0.3, -0.25) is 44.4 Å². The Morgan fingerprint density at radius 1 is 0.746 bits per heavy atom. The summed E-state index contributed by atoms with van der Waals surface area (Å²) in [6.07, 6.45) is 16.4. The number of rotatable bonds is 12. The van der Waals surface area contributed by atoms with Gasteiger partial charge in [-0.2, -0.15) is 0 Å². The lowest BCUT2D eigenvalue weighted by molar-refractivity contribution is -0.501. The molecule has 1 spiro atoms. The monoisotopic (exact) mass is 956 g/mol. The molecule has 3 unspecified atom stereocenters. The van der Waals surface area contributed by atoms with Crippen LogP contribution in [0.4, 0.5) is 0 Å². The summed E-state index contributed by atoms with van der Waals surface area (Å²) in [6.45, 7) is 15.8. The van der Waals surface area contributed by atoms with Gasteiger partial charge in [0.1, 0.15) is 17.9 Å². The fourth-order valence-electron chi connectivity index (χ4n) is 10.0. The van der Waals surface area contributed by atoms with Gasteiger partial charge in [-0.05, 0) is 129 Å². The molecule has 382 valence electrons. The number of carbonyl (C=O) groups excluding carboxylic acids is 5. The molecule has 8 aliphatic rings. The van der Waals surface area contributed by atoms with Gasteiger partial charge >= 0.3 is 29.9 Å². The molecule has 0 radical (unpaired) electrons. The fourth-order valence-corrected chi connectivity index (χ4v) is 10.0. The molecule has 67 heavy (non-hydrogen) atoms. The second kappa shape index (κ2) is 31.1. The number of hydrogen-bond donors (Lipinski definition) is 1. The maximum atomic E-state index is 11.4. The molecule has 8 rings (SSSR count). The average Bonchev–Trinajstić information content (AvgIpc) is 4.18. The molecule has 1 aliphatic carbocycles. The van der Waals surface area contributed by atoms with Crippen molar-refractivity contribution in [1.82, 2.24) is 9.80 Å². The largest absolute Gasteiger partial charge is 0.465 e. The minimum absolute atomic E-state index is 0.00231. The van der Waals surface area contributed by atoms with Crippen LogP contribution >= 0.6 is 0 Å². The number of nitrogens with two attached hydrogens (primary N) is 1. The number of Topliss-reactive ketones (excluding diaryl/α,β-unsaturated/α-hetero) is 1. The Hall–Kier alpha value is -4.15. The predicted molar refractivity (Wildman–Crippen MR) is 243 cm³/mol. The highest BCUT2D eigenvalue weighted by molar-refractivity contribution is 5.79. The number of nitrogens with zero attached hydrogens (tertiary/aromatic N) is 4. The number of nitro groups is 2. The van der Waals surface area contributed by atoms with Crippen molar-refractivity contribution >= 4 is 29.7 Å². The highest BCUT2D eigenvalue weighted by atomic mass is 16.6. The van der Waals surface area contributed by atoms with Gasteiger partial charge in [0.2, 0.25) is 0 Å². The van der Waals surface area contributed by atoms with E-state index in [1.54, 1.807) is 26.8 Å². The molecule has 0 aromatic heterocycles. The molecule has 0 amide bonds. The van der Waals surface area contributed by atoms with Gasteiger partial charge in [-0.25, -0.2) is 9.59 Å². The van der Waals surface area contributed by atoms with E-state index < -0.39 is 40.4 Å². The Labute approximate surface area is 394 Å². The number of hydrogen-bond acceptors (Lipinski definition) is 19. The standard InChI is InChI=1S/C10H17N.C9H13NO5.C9H17NO3.C9H15NO2.C5H8O2.C4H7NO4/c1-2-6-10(5-1)9-3-7-11(10)8-4-9;1-2-15-9(11)8(10(12)13)7-3-5-14-6-4-7;1-2-13-9(11)8(10)7-3-5-12-6-4-7;1-2-12-9(11)8-7-3-5-10(8)6-4-7;6-5-1-3-7-4-2-5;1-2-9-4(6)3-5(7)8/h9H,1-8H2;3,8H,2,4-6H2,1H3;7-8H,2-6,10H2,1H3;7-8H,2-6H2,1H3;1-4H2;2-3H2,1H3. The van der Waals surface area contributed by atoms with Gasteiger partial charge in [-0.1, -0.05) is 18.9 Å². The van der Waals surface area contributed by atoms with Gasteiger partial charge in [0.15, 0.2) is 0 Å². The first kappa shape index (κ1) is 57.2. The van der Waals surface area contributed by atoms with Gasteiger partial charge < -0.3 is 38.9 Å². The van der Waals surface area contributed by atoms with Crippen molar-refractivity contribution in [3.63, 3.8) is 0 Å². The molecule has 7 heterocycles. The van der Waals surface area contributed by atoms with Crippen LogP contribution in [-0.2, 0) is 57.1 Å². The van der Waals surface area contributed by atoms with E-state index >= 15 is 0 Å². The van der Waals surface area contributed by atoms with Gasteiger partial charge in [-0.15, -0.1) is 0 Å². The summed E-state index contributed by atoms with van der Waals surface area (Å²) >= 11 is 0. The van der Waals surface area contributed by atoms with Gasteiger partial charge in [0, 0.05) is 47.0 Å². The lowest BCUT2D eigenvalue weighted by Crippen LogP contribution is -2.41. The molecule has 3 atom stereocenters. The van der Waals surface area contributed by atoms with Crippen molar-refractivity contribution in [1.29, 1.82) is 0 Å². The Morgan fingerprint density at radius 2 is 1.30 bits per heavy atom. The first-order chi connectivity index (χ1) is 32.2. The Morgan fingerprint density at radius 3 is 1.73 bits per heavy atom. The van der Waals surface area contributed by atoms with E-state index in [2.05, 4.69) is 19.3 Å². The van der Waals surface area contributed by atoms with E-state index in [0.29, 0.717) is 89.4 Å². The summed E-state index contributed by atoms with van der Waals surface area (Å²) in [7, 11) is 0. The summed E-state index contributed by atoms with van der Waals surface area (Å²) in [5.74, 6) is 0.387. The molecule has 4 bridgehead atoms. The normalized spacial score (nSPS) is 26.0. The van der Waals surface area contributed by atoms with Crippen LogP contribution < -0.4 is 5.73 Å². The van der Waals surface area contributed by atoms with Gasteiger partial charge in [0.25, 0.3) is 6.54 Å². The van der Waals surface area contributed by atoms with Crippen molar-refractivity contribution in [2.75, 3.05) is 98.8 Å². The lowest BCUT2D eigenvalue weighted by Gasteiger charge is -2.31. The Bertz CT molecular complexity index is 1550. The predicted octanol–water partition coefficient (Wildman–Crippen LogP) is 3.71. The second-order valence-electron chi connectivity index (χ2n) is 17.4. The zero-order chi connectivity index (χ0) is 49.2. The molecule has 0 aromatic carbocycles. The maximum Gasteiger partial charge on any atom is 0.386 e. The average molecular weight is 956 g/mol. The van der Waals surface area contributed by atoms with Crippen LogP contribution in [-0.4, -0.2) is 172 Å². The second-order valence-corrected chi connectivity index (χ2v) is 17.4. The van der Waals surface area contributed by atoms with Crippen LogP contribution in [0.5, 0.6) is 0 Å². The zero-order valence-electron chi connectivity index (χ0n) is 40.2. The summed E-state index contributed by atoms with van der Waals surface area (Å²) in [5.41, 5.74) is 6.97.